The number of likely N-dealkylation sites (tertiary alicyclic amines) is 1. The molecular weight excluding hydrogens is 300 g/mol. The summed E-state index contributed by atoms with van der Waals surface area (Å²) in [5.41, 5.74) is 0.684. The summed E-state index contributed by atoms with van der Waals surface area (Å²) in [5, 5.41) is 5.41. The molecule has 2 fully saturated rings. The number of nitrogens with zero attached hydrogens (tertiary/aromatic N) is 1. The van der Waals surface area contributed by atoms with Gasteiger partial charge >= 0.3 is 0 Å². The Balaban J connectivity index is 1.70. The number of fused-ring (bicyclic) bond motifs is 2. The Morgan fingerprint density at radius 3 is 2.86 bits per heavy atom. The second-order valence-corrected chi connectivity index (χ2v) is 8.91. The van der Waals surface area contributed by atoms with Gasteiger partial charge in [-0.05, 0) is 53.8 Å². The third-order valence-electron chi connectivity index (χ3n) is 4.64. The Labute approximate surface area is 135 Å². The molecule has 1 saturated heterocycles. The maximum atomic E-state index is 12.2. The zero-order valence-electron chi connectivity index (χ0n) is 12.8. The van der Waals surface area contributed by atoms with Crippen molar-refractivity contribution < 1.29 is 4.79 Å². The summed E-state index contributed by atoms with van der Waals surface area (Å²) in [7, 11) is 0. The molecule has 0 aromatic carbocycles. The van der Waals surface area contributed by atoms with E-state index in [4.69, 9.17) is 12.2 Å². The zero-order chi connectivity index (χ0) is 15.3. The fourth-order valence-corrected chi connectivity index (χ4v) is 5.26. The highest BCUT2D eigenvalue weighted by Crippen LogP contribution is 2.52. The van der Waals surface area contributed by atoms with E-state index < -0.39 is 0 Å². The molecule has 2 aliphatic rings. The molecule has 2 heterocycles. The molecule has 1 aliphatic carbocycles. The summed E-state index contributed by atoms with van der Waals surface area (Å²) in [6, 6.07) is 4.18. The number of hydrogen-bond donors (Lipinski definition) is 1. The fraction of sp³-hybridized carbons (Fsp3) is 0.625. The van der Waals surface area contributed by atoms with Crippen molar-refractivity contribution in [2.24, 2.45) is 10.8 Å². The summed E-state index contributed by atoms with van der Waals surface area (Å²) < 4.78 is 0. The van der Waals surface area contributed by atoms with Crippen LogP contribution in [0, 0.1) is 10.8 Å². The van der Waals surface area contributed by atoms with Gasteiger partial charge in [0.05, 0.1) is 4.88 Å². The minimum atomic E-state index is -0.0825. The molecule has 3 nitrogen and oxygen atoms in total. The molecule has 1 amide bonds. The van der Waals surface area contributed by atoms with Crippen molar-refractivity contribution in [2.75, 3.05) is 6.54 Å². The highest BCUT2D eigenvalue weighted by molar-refractivity contribution is 7.80. The van der Waals surface area contributed by atoms with Gasteiger partial charge in [0.15, 0.2) is 5.11 Å². The van der Waals surface area contributed by atoms with Crippen LogP contribution in [0.1, 0.15) is 49.7 Å². The first kappa shape index (κ1) is 15.0. The van der Waals surface area contributed by atoms with Crippen LogP contribution in [0.3, 0.4) is 0 Å². The molecule has 0 unspecified atom stereocenters. The van der Waals surface area contributed by atoms with Crippen molar-refractivity contribution in [3.05, 3.63) is 22.4 Å². The zero-order valence-corrected chi connectivity index (χ0v) is 14.4. The normalized spacial score (nSPS) is 30.2. The van der Waals surface area contributed by atoms with Gasteiger partial charge < -0.3 is 4.90 Å². The van der Waals surface area contributed by atoms with Crippen molar-refractivity contribution in [1.82, 2.24) is 10.2 Å². The Kier molecular flexibility index (Phi) is 3.61. The summed E-state index contributed by atoms with van der Waals surface area (Å²) in [4.78, 5) is 15.1. The third-order valence-corrected chi connectivity index (χ3v) is 5.85. The predicted molar refractivity (Wildman–Crippen MR) is 90.6 cm³/mol. The van der Waals surface area contributed by atoms with Crippen molar-refractivity contribution >= 4 is 34.6 Å². The van der Waals surface area contributed by atoms with E-state index in [9.17, 15) is 4.79 Å². The average Bonchev–Trinajstić information content (AvgIpc) is 2.93. The molecule has 1 N–H and O–H groups in total. The monoisotopic (exact) mass is 322 g/mol. The van der Waals surface area contributed by atoms with Gasteiger partial charge in [-0.2, -0.15) is 0 Å². The molecule has 5 heteroatoms. The molecule has 2 bridgehead atoms. The summed E-state index contributed by atoms with van der Waals surface area (Å²) in [6.07, 6.45) is 3.57. The summed E-state index contributed by atoms with van der Waals surface area (Å²) in [5.74, 6) is -0.0825. The van der Waals surface area contributed by atoms with Crippen molar-refractivity contribution in [2.45, 2.75) is 46.1 Å². The van der Waals surface area contributed by atoms with E-state index in [0.29, 0.717) is 26.9 Å². The molecule has 0 spiro atoms. The van der Waals surface area contributed by atoms with Gasteiger partial charge in [0.2, 0.25) is 0 Å². The highest BCUT2D eigenvalue weighted by atomic mass is 32.1. The van der Waals surface area contributed by atoms with Crippen LogP contribution >= 0.6 is 23.6 Å². The van der Waals surface area contributed by atoms with Crippen molar-refractivity contribution in [3.8, 4) is 0 Å². The quantitative estimate of drug-likeness (QED) is 0.801. The van der Waals surface area contributed by atoms with E-state index in [1.54, 1.807) is 0 Å². The molecule has 3 rings (SSSR count). The van der Waals surface area contributed by atoms with E-state index in [2.05, 4.69) is 31.0 Å². The van der Waals surface area contributed by atoms with Gasteiger partial charge in [-0.25, -0.2) is 0 Å². The number of rotatable bonds is 1. The molecule has 1 aromatic heterocycles. The number of thiocarbonyl (C=S) groups is 1. The number of carbonyl (C=O) groups is 1. The van der Waals surface area contributed by atoms with Crippen LogP contribution < -0.4 is 5.32 Å². The van der Waals surface area contributed by atoms with E-state index >= 15 is 0 Å². The minimum absolute atomic E-state index is 0.0825. The lowest BCUT2D eigenvalue weighted by Crippen LogP contribution is -2.45. The number of hydrogen-bond acceptors (Lipinski definition) is 3. The van der Waals surface area contributed by atoms with Crippen LogP contribution in [0.4, 0.5) is 0 Å². The fourth-order valence-electron chi connectivity index (χ4n) is 4.34. The Morgan fingerprint density at radius 2 is 2.19 bits per heavy atom. The van der Waals surface area contributed by atoms with E-state index in [1.807, 2.05) is 17.5 Å². The molecule has 1 aliphatic heterocycles. The third kappa shape index (κ3) is 2.99. The number of amides is 1. The number of carbonyl (C=O) groups excluding carboxylic acids is 1. The molecule has 21 heavy (non-hydrogen) atoms. The van der Waals surface area contributed by atoms with Crippen molar-refractivity contribution in [1.29, 1.82) is 0 Å². The van der Waals surface area contributed by atoms with E-state index in [1.165, 1.54) is 24.2 Å². The van der Waals surface area contributed by atoms with Crippen LogP contribution in [0.2, 0.25) is 0 Å². The summed E-state index contributed by atoms with van der Waals surface area (Å²) in [6.45, 7) is 8.00. The second-order valence-electron chi connectivity index (χ2n) is 7.58. The Hall–Kier alpha value is -0.940. The largest absolute Gasteiger partial charge is 0.345 e. The van der Waals surface area contributed by atoms with Gasteiger partial charge in [0, 0.05) is 12.6 Å². The standard InChI is InChI=1S/C16H22N2OS2/c1-15(2)7-11-8-16(3,9-15)10-18(11)14(20)17-13(19)12-5-4-6-21-12/h4-6,11H,7-10H2,1-3H3,(H,17,19,20)/t11-,16-/m0/s1. The summed E-state index contributed by atoms with van der Waals surface area (Å²) >= 11 is 6.96. The Morgan fingerprint density at radius 1 is 1.43 bits per heavy atom. The number of nitrogens with one attached hydrogen (secondary N) is 1. The van der Waals surface area contributed by atoms with Gasteiger partial charge in [-0.1, -0.05) is 26.8 Å². The molecule has 1 saturated carbocycles. The molecule has 2 atom stereocenters. The van der Waals surface area contributed by atoms with Gasteiger partial charge in [0.1, 0.15) is 0 Å². The smallest absolute Gasteiger partial charge is 0.267 e. The van der Waals surface area contributed by atoms with Crippen LogP contribution in [0.25, 0.3) is 0 Å². The molecule has 0 radical (unpaired) electrons. The van der Waals surface area contributed by atoms with Gasteiger partial charge in [-0.3, -0.25) is 10.1 Å². The minimum Gasteiger partial charge on any atom is -0.345 e. The lowest BCUT2D eigenvalue weighted by Gasteiger charge is -2.39. The maximum absolute atomic E-state index is 12.2. The molecule has 1 aromatic rings. The van der Waals surface area contributed by atoms with E-state index in [0.717, 1.165) is 13.0 Å². The first-order chi connectivity index (χ1) is 9.78. The highest BCUT2D eigenvalue weighted by Gasteiger charge is 2.50. The van der Waals surface area contributed by atoms with Crippen LogP contribution in [-0.4, -0.2) is 28.5 Å². The van der Waals surface area contributed by atoms with Crippen LogP contribution in [0.15, 0.2) is 17.5 Å². The lowest BCUT2D eigenvalue weighted by molar-refractivity contribution is 0.0976. The number of thiophene rings is 1. The first-order valence-corrected chi connectivity index (χ1v) is 8.72. The van der Waals surface area contributed by atoms with Crippen molar-refractivity contribution in [3.63, 3.8) is 0 Å². The topological polar surface area (TPSA) is 32.3 Å². The first-order valence-electron chi connectivity index (χ1n) is 7.44. The average molecular weight is 322 g/mol. The van der Waals surface area contributed by atoms with E-state index in [-0.39, 0.29) is 5.91 Å². The van der Waals surface area contributed by atoms with Gasteiger partial charge in [0.25, 0.3) is 5.91 Å². The Bertz CT molecular complexity index is 567. The van der Waals surface area contributed by atoms with Gasteiger partial charge in [-0.15, -0.1) is 11.3 Å². The van der Waals surface area contributed by atoms with Crippen LogP contribution in [0.5, 0.6) is 0 Å². The van der Waals surface area contributed by atoms with Crippen LogP contribution in [-0.2, 0) is 0 Å². The maximum Gasteiger partial charge on any atom is 0.267 e. The lowest BCUT2D eigenvalue weighted by atomic mass is 9.65. The predicted octanol–water partition coefficient (Wildman–Crippen LogP) is 3.66. The molecular formula is C16H22N2OS2. The molecule has 114 valence electrons. The second kappa shape index (κ2) is 5.06. The SMILES string of the molecule is CC1(C)C[C@H]2C[C@](C)(CN2C(=S)NC(=O)c2cccs2)C1.